The summed E-state index contributed by atoms with van der Waals surface area (Å²) in [6.45, 7) is 5.10. The predicted molar refractivity (Wildman–Crippen MR) is 69.6 cm³/mol. The molecule has 2 N–H and O–H groups in total. The van der Waals surface area contributed by atoms with Crippen LogP contribution in [0.4, 0.5) is 11.4 Å². The minimum Gasteiger partial charge on any atom is -0.494 e. The van der Waals surface area contributed by atoms with Gasteiger partial charge in [-0.15, -0.1) is 0 Å². The number of rotatable bonds is 5. The quantitative estimate of drug-likeness (QED) is 0.489. The SMILES string of the molecule is C=NN(/C=C(/C)N)c1ccc([N+](=O)[O-])cc1OC. The summed E-state index contributed by atoms with van der Waals surface area (Å²) in [6.07, 6.45) is 1.54. The van der Waals surface area contributed by atoms with Crippen molar-refractivity contribution >= 4 is 18.1 Å². The highest BCUT2D eigenvalue weighted by molar-refractivity contribution is 5.64. The lowest BCUT2D eigenvalue weighted by Gasteiger charge is -2.17. The number of methoxy groups -OCH3 is 1. The summed E-state index contributed by atoms with van der Waals surface area (Å²) in [5, 5.41) is 15.8. The Hall–Kier alpha value is -2.57. The highest BCUT2D eigenvalue weighted by Crippen LogP contribution is 2.32. The largest absolute Gasteiger partial charge is 0.494 e. The van der Waals surface area contributed by atoms with Crippen molar-refractivity contribution in [3.05, 3.63) is 40.2 Å². The van der Waals surface area contributed by atoms with Gasteiger partial charge in [-0.1, -0.05) is 0 Å². The number of anilines is 1. The number of allylic oxidation sites excluding steroid dienone is 1. The average Bonchev–Trinajstić information content (AvgIpc) is 2.34. The Kier molecular flexibility index (Phi) is 4.25. The molecule has 0 heterocycles. The third kappa shape index (κ3) is 2.97. The Labute approximate surface area is 104 Å². The summed E-state index contributed by atoms with van der Waals surface area (Å²) in [5.41, 5.74) is 6.53. The van der Waals surface area contributed by atoms with Gasteiger partial charge in [0.25, 0.3) is 5.69 Å². The lowest BCUT2D eigenvalue weighted by Crippen LogP contribution is -2.11. The van der Waals surface area contributed by atoms with E-state index in [2.05, 4.69) is 11.8 Å². The Morgan fingerprint density at radius 3 is 2.78 bits per heavy atom. The molecule has 1 aromatic rings. The van der Waals surface area contributed by atoms with Crippen LogP contribution in [0.2, 0.25) is 0 Å². The van der Waals surface area contributed by atoms with Crippen LogP contribution in [-0.2, 0) is 0 Å². The molecule has 7 nitrogen and oxygen atoms in total. The van der Waals surface area contributed by atoms with Crippen molar-refractivity contribution in [3.8, 4) is 5.75 Å². The average molecular weight is 250 g/mol. The van der Waals surface area contributed by atoms with E-state index in [0.717, 1.165) is 0 Å². The summed E-state index contributed by atoms with van der Waals surface area (Å²) in [4.78, 5) is 10.2. The fraction of sp³-hybridized carbons (Fsp3) is 0.182. The van der Waals surface area contributed by atoms with Gasteiger partial charge in [0.2, 0.25) is 0 Å². The van der Waals surface area contributed by atoms with E-state index in [1.54, 1.807) is 6.92 Å². The molecule has 1 aromatic carbocycles. The standard InChI is InChI=1S/C11H14N4O3/c1-8(12)7-14(13-2)10-5-4-9(15(16)17)6-11(10)18-3/h4-7H,2,12H2,1,3H3/b8-7-. The number of hydrazone groups is 1. The van der Waals surface area contributed by atoms with E-state index >= 15 is 0 Å². The molecule has 0 aliphatic carbocycles. The van der Waals surface area contributed by atoms with Crippen molar-refractivity contribution < 1.29 is 9.66 Å². The zero-order valence-corrected chi connectivity index (χ0v) is 10.2. The van der Waals surface area contributed by atoms with Gasteiger partial charge in [-0.2, -0.15) is 5.10 Å². The molecule has 0 radical (unpaired) electrons. The van der Waals surface area contributed by atoms with Crippen LogP contribution in [-0.4, -0.2) is 18.8 Å². The molecule has 0 aliphatic heterocycles. The van der Waals surface area contributed by atoms with Crippen LogP contribution < -0.4 is 15.5 Å². The van der Waals surface area contributed by atoms with Gasteiger partial charge in [0.1, 0.15) is 5.69 Å². The Balaban J connectivity index is 3.27. The maximum atomic E-state index is 10.7. The minimum absolute atomic E-state index is 0.0620. The zero-order valence-electron chi connectivity index (χ0n) is 10.2. The van der Waals surface area contributed by atoms with Gasteiger partial charge in [-0.05, 0) is 13.0 Å². The van der Waals surface area contributed by atoms with Crippen LogP contribution in [0.3, 0.4) is 0 Å². The molecule has 0 aromatic heterocycles. The first-order valence-electron chi connectivity index (χ1n) is 5.01. The van der Waals surface area contributed by atoms with E-state index in [4.69, 9.17) is 10.5 Å². The number of nitrogens with zero attached hydrogens (tertiary/aromatic N) is 3. The fourth-order valence-electron chi connectivity index (χ4n) is 1.35. The Bertz CT molecular complexity index is 495. The van der Waals surface area contributed by atoms with E-state index in [-0.39, 0.29) is 5.69 Å². The van der Waals surface area contributed by atoms with Crippen LogP contribution in [0.5, 0.6) is 5.75 Å². The number of nitro groups is 1. The molecule has 0 fully saturated rings. The highest BCUT2D eigenvalue weighted by Gasteiger charge is 2.14. The van der Waals surface area contributed by atoms with Gasteiger partial charge in [0.05, 0.1) is 18.1 Å². The van der Waals surface area contributed by atoms with E-state index in [1.165, 1.54) is 36.5 Å². The number of hydrogen-bond donors (Lipinski definition) is 1. The molecule has 0 bridgehead atoms. The van der Waals surface area contributed by atoms with Gasteiger partial charge in [-0.25, -0.2) is 5.01 Å². The maximum Gasteiger partial charge on any atom is 0.273 e. The molecule has 18 heavy (non-hydrogen) atoms. The molecule has 0 spiro atoms. The lowest BCUT2D eigenvalue weighted by molar-refractivity contribution is -0.384. The number of nitro benzene ring substituents is 1. The van der Waals surface area contributed by atoms with Gasteiger partial charge in [0.15, 0.2) is 5.75 Å². The van der Waals surface area contributed by atoms with E-state index in [0.29, 0.717) is 17.1 Å². The van der Waals surface area contributed by atoms with Gasteiger partial charge in [-0.3, -0.25) is 10.1 Å². The molecule has 7 heteroatoms. The van der Waals surface area contributed by atoms with E-state index < -0.39 is 4.92 Å². The van der Waals surface area contributed by atoms with Crippen LogP contribution >= 0.6 is 0 Å². The number of nitrogens with two attached hydrogens (primary N) is 1. The third-order valence-corrected chi connectivity index (χ3v) is 2.10. The van der Waals surface area contributed by atoms with Crippen molar-refractivity contribution in [1.29, 1.82) is 0 Å². The molecule has 0 amide bonds. The second-order valence-corrected chi connectivity index (χ2v) is 3.47. The van der Waals surface area contributed by atoms with E-state index in [9.17, 15) is 10.1 Å². The van der Waals surface area contributed by atoms with Crippen LogP contribution in [0.1, 0.15) is 6.92 Å². The first kappa shape index (κ1) is 13.5. The van der Waals surface area contributed by atoms with Crippen molar-refractivity contribution in [3.63, 3.8) is 0 Å². The summed E-state index contributed by atoms with van der Waals surface area (Å²) in [6, 6.07) is 4.19. The predicted octanol–water partition coefficient (Wildman–Crippen LogP) is 1.85. The molecule has 0 saturated heterocycles. The molecule has 0 aliphatic rings. The summed E-state index contributed by atoms with van der Waals surface area (Å²) >= 11 is 0. The van der Waals surface area contributed by atoms with Crippen LogP contribution in [0, 0.1) is 10.1 Å². The third-order valence-electron chi connectivity index (χ3n) is 2.10. The van der Waals surface area contributed by atoms with Gasteiger partial charge in [0, 0.05) is 24.7 Å². The smallest absolute Gasteiger partial charge is 0.273 e. The second kappa shape index (κ2) is 5.67. The molecule has 0 saturated carbocycles. The number of hydrogen-bond acceptors (Lipinski definition) is 6. The molecule has 1 rings (SSSR count). The number of non-ortho nitro benzene ring substituents is 1. The summed E-state index contributed by atoms with van der Waals surface area (Å²) in [5.74, 6) is 0.314. The maximum absolute atomic E-state index is 10.7. The highest BCUT2D eigenvalue weighted by atomic mass is 16.6. The Morgan fingerprint density at radius 1 is 1.67 bits per heavy atom. The topological polar surface area (TPSA) is 94.0 Å². The Morgan fingerprint density at radius 2 is 2.33 bits per heavy atom. The van der Waals surface area contributed by atoms with Crippen LogP contribution in [0.25, 0.3) is 0 Å². The monoisotopic (exact) mass is 250 g/mol. The number of benzene rings is 1. The fourth-order valence-corrected chi connectivity index (χ4v) is 1.35. The van der Waals surface area contributed by atoms with Crippen molar-refractivity contribution in [2.45, 2.75) is 6.92 Å². The van der Waals surface area contributed by atoms with Crippen LogP contribution in [0.15, 0.2) is 35.2 Å². The number of ether oxygens (including phenoxy) is 1. The van der Waals surface area contributed by atoms with Gasteiger partial charge < -0.3 is 10.5 Å². The first-order valence-corrected chi connectivity index (χ1v) is 5.01. The van der Waals surface area contributed by atoms with Crippen molar-refractivity contribution in [2.24, 2.45) is 10.8 Å². The molecule has 96 valence electrons. The molecular formula is C11H14N4O3. The van der Waals surface area contributed by atoms with Crippen molar-refractivity contribution in [2.75, 3.05) is 12.1 Å². The molecule has 0 atom stereocenters. The summed E-state index contributed by atoms with van der Waals surface area (Å²) < 4.78 is 5.10. The zero-order chi connectivity index (χ0) is 13.7. The minimum atomic E-state index is -0.498. The first-order chi connectivity index (χ1) is 8.49. The molecular weight excluding hydrogens is 236 g/mol. The summed E-state index contributed by atoms with van der Waals surface area (Å²) in [7, 11) is 1.42. The second-order valence-electron chi connectivity index (χ2n) is 3.47. The van der Waals surface area contributed by atoms with Gasteiger partial charge >= 0.3 is 0 Å². The normalized spacial score (nSPS) is 10.9. The van der Waals surface area contributed by atoms with E-state index in [1.807, 2.05) is 0 Å². The molecule has 0 unspecified atom stereocenters. The van der Waals surface area contributed by atoms with Crippen molar-refractivity contribution in [1.82, 2.24) is 0 Å². The lowest BCUT2D eigenvalue weighted by atomic mass is 10.2.